The van der Waals surface area contributed by atoms with E-state index in [4.69, 9.17) is 5.73 Å². The van der Waals surface area contributed by atoms with Gasteiger partial charge in [0.05, 0.1) is 11.4 Å². The molecule has 0 fully saturated rings. The molecule has 0 aliphatic carbocycles. The molecular formula is C26H26F6N4O3. The first-order valence-corrected chi connectivity index (χ1v) is 11.9. The summed E-state index contributed by atoms with van der Waals surface area (Å²) in [4.78, 5) is 42.7. The average Bonchev–Trinajstić information content (AvgIpc) is 2.97. The Bertz CT molecular complexity index is 1240. The van der Waals surface area contributed by atoms with Crippen molar-refractivity contribution in [1.82, 2.24) is 5.32 Å². The maximum absolute atomic E-state index is 13.2. The molecule has 0 aromatic heterocycles. The molecule has 3 atom stereocenters. The average molecular weight is 557 g/mol. The molecule has 1 heterocycles. The van der Waals surface area contributed by atoms with Gasteiger partial charge in [-0.2, -0.15) is 26.3 Å². The molecule has 1 aliphatic heterocycles. The van der Waals surface area contributed by atoms with E-state index in [2.05, 4.69) is 15.6 Å². The van der Waals surface area contributed by atoms with Crippen molar-refractivity contribution in [3.8, 4) is 0 Å². The molecule has 0 saturated carbocycles. The van der Waals surface area contributed by atoms with Crippen LogP contribution in [0, 0.1) is 18.8 Å². The quantitative estimate of drug-likeness (QED) is 0.392. The Kier molecular flexibility index (Phi) is 9.03. The highest BCUT2D eigenvalue weighted by molar-refractivity contribution is 6.20. The van der Waals surface area contributed by atoms with E-state index in [1.54, 1.807) is 55.5 Å². The van der Waals surface area contributed by atoms with E-state index >= 15 is 0 Å². The summed E-state index contributed by atoms with van der Waals surface area (Å²) >= 11 is 0. The zero-order valence-corrected chi connectivity index (χ0v) is 20.7. The van der Waals surface area contributed by atoms with Gasteiger partial charge in [0.1, 0.15) is 0 Å². The number of benzodiazepines with no additional fused rings is 1. The fourth-order valence-corrected chi connectivity index (χ4v) is 4.34. The first kappa shape index (κ1) is 29.7. The number of nitrogens with zero attached hydrogens (tertiary/aromatic N) is 1. The third-order valence-corrected chi connectivity index (χ3v) is 6.27. The highest BCUT2D eigenvalue weighted by atomic mass is 19.4. The van der Waals surface area contributed by atoms with Gasteiger partial charge < -0.3 is 16.4 Å². The number of rotatable bonds is 9. The Labute approximate surface area is 219 Å². The van der Waals surface area contributed by atoms with Crippen molar-refractivity contribution < 1.29 is 40.7 Å². The predicted molar refractivity (Wildman–Crippen MR) is 131 cm³/mol. The number of halogens is 6. The number of fused-ring (bicyclic) bond motifs is 1. The van der Waals surface area contributed by atoms with Crippen molar-refractivity contribution in [3.63, 3.8) is 0 Å². The molecule has 3 amide bonds. The van der Waals surface area contributed by atoms with Gasteiger partial charge in [-0.3, -0.25) is 14.4 Å². The number of nitrogens with two attached hydrogens (primary N) is 1. The summed E-state index contributed by atoms with van der Waals surface area (Å²) in [6, 6.07) is 13.7. The minimum Gasteiger partial charge on any atom is -0.369 e. The Morgan fingerprint density at radius 3 is 2.10 bits per heavy atom. The van der Waals surface area contributed by atoms with Crippen molar-refractivity contribution in [2.75, 3.05) is 5.32 Å². The lowest BCUT2D eigenvalue weighted by Crippen LogP contribution is -2.48. The number of aryl methyl sites for hydroxylation is 1. The highest BCUT2D eigenvalue weighted by Gasteiger charge is 2.40. The Morgan fingerprint density at radius 1 is 0.949 bits per heavy atom. The largest absolute Gasteiger partial charge is 0.389 e. The van der Waals surface area contributed by atoms with Crippen LogP contribution in [0.15, 0.2) is 53.5 Å². The van der Waals surface area contributed by atoms with Gasteiger partial charge in [-0.25, -0.2) is 4.99 Å². The van der Waals surface area contributed by atoms with Crippen LogP contribution in [0.25, 0.3) is 0 Å². The lowest BCUT2D eigenvalue weighted by Gasteiger charge is -2.26. The molecule has 210 valence electrons. The number of anilines is 1. The van der Waals surface area contributed by atoms with Crippen LogP contribution in [0.3, 0.4) is 0 Å². The lowest BCUT2D eigenvalue weighted by atomic mass is 9.83. The second-order valence-electron chi connectivity index (χ2n) is 9.16. The number of hydrogen-bond donors (Lipinski definition) is 3. The second-order valence-corrected chi connectivity index (χ2v) is 9.16. The standard InChI is InChI=1S/C26H26F6N4O3/c1-14-6-5-9-18-19(14)35-24(39)22(34-20(18)15-7-3-2-4-8-15)36-23(38)17(11-13-26(30,31)32)16(21(33)37)10-12-25(27,28)29/h2-9,16-17,22H,10-13H2,1H3,(H2,33,37)(H,35,39)(H,36,38)/t16-,17+,22+/m0/s1. The van der Waals surface area contributed by atoms with Crippen LogP contribution in [0.4, 0.5) is 32.0 Å². The minimum atomic E-state index is -4.76. The summed E-state index contributed by atoms with van der Waals surface area (Å²) in [5, 5.41) is 4.89. The van der Waals surface area contributed by atoms with E-state index < -0.39 is 73.8 Å². The molecule has 0 unspecified atom stereocenters. The maximum atomic E-state index is 13.2. The summed E-state index contributed by atoms with van der Waals surface area (Å²) in [6.07, 6.45) is -16.3. The molecule has 4 N–H and O–H groups in total. The first-order valence-electron chi connectivity index (χ1n) is 11.9. The van der Waals surface area contributed by atoms with Crippen molar-refractivity contribution >= 4 is 29.1 Å². The van der Waals surface area contributed by atoms with Crippen molar-refractivity contribution in [2.45, 2.75) is 51.1 Å². The number of benzene rings is 2. The third kappa shape index (κ3) is 8.04. The van der Waals surface area contributed by atoms with Gasteiger partial charge in [0, 0.05) is 35.8 Å². The number of nitrogens with one attached hydrogen (secondary N) is 2. The normalized spacial score (nSPS) is 17.3. The Morgan fingerprint density at radius 2 is 1.54 bits per heavy atom. The number of aliphatic imine (C=N–C) groups is 1. The monoisotopic (exact) mass is 556 g/mol. The molecule has 0 radical (unpaired) electrons. The highest BCUT2D eigenvalue weighted by Crippen LogP contribution is 2.33. The van der Waals surface area contributed by atoms with Gasteiger partial charge in [0.2, 0.25) is 18.0 Å². The van der Waals surface area contributed by atoms with Gasteiger partial charge in [-0.15, -0.1) is 0 Å². The molecule has 0 bridgehead atoms. The van der Waals surface area contributed by atoms with E-state index in [9.17, 15) is 40.7 Å². The lowest BCUT2D eigenvalue weighted by molar-refractivity contribution is -0.152. The molecule has 39 heavy (non-hydrogen) atoms. The molecule has 0 saturated heterocycles. The Hall–Kier alpha value is -3.90. The SMILES string of the molecule is Cc1cccc2c1NC(=O)[C@@H](NC(=O)[C@H](CCC(F)(F)F)[C@H](CCC(F)(F)F)C(N)=O)N=C2c1ccccc1. The van der Waals surface area contributed by atoms with Gasteiger partial charge in [-0.05, 0) is 25.3 Å². The van der Waals surface area contributed by atoms with Gasteiger partial charge in [0.15, 0.2) is 0 Å². The summed E-state index contributed by atoms with van der Waals surface area (Å²) in [5.41, 5.74) is 7.66. The third-order valence-electron chi connectivity index (χ3n) is 6.27. The fraction of sp³-hybridized carbons (Fsp3) is 0.385. The number of hydrogen-bond acceptors (Lipinski definition) is 4. The van der Waals surface area contributed by atoms with E-state index in [0.717, 1.165) is 0 Å². The zero-order chi connectivity index (χ0) is 29.0. The molecule has 3 rings (SSSR count). The van der Waals surface area contributed by atoms with Crippen LogP contribution in [0.1, 0.15) is 42.4 Å². The van der Waals surface area contributed by atoms with Gasteiger partial charge in [-0.1, -0.05) is 48.5 Å². The molecule has 2 aromatic carbocycles. The first-order chi connectivity index (χ1) is 18.2. The number of para-hydroxylation sites is 1. The van der Waals surface area contributed by atoms with Crippen LogP contribution in [-0.4, -0.2) is 42.0 Å². The molecule has 13 heteroatoms. The zero-order valence-electron chi connectivity index (χ0n) is 20.7. The topological polar surface area (TPSA) is 114 Å². The van der Waals surface area contributed by atoms with Crippen molar-refractivity contribution in [2.24, 2.45) is 22.6 Å². The fourth-order valence-electron chi connectivity index (χ4n) is 4.34. The second kappa shape index (κ2) is 11.9. The van der Waals surface area contributed by atoms with E-state index in [1.807, 2.05) is 0 Å². The van der Waals surface area contributed by atoms with Crippen molar-refractivity contribution in [3.05, 3.63) is 65.2 Å². The van der Waals surface area contributed by atoms with E-state index in [-0.39, 0.29) is 5.71 Å². The summed E-state index contributed by atoms with van der Waals surface area (Å²) in [6.45, 7) is 1.73. The smallest absolute Gasteiger partial charge is 0.369 e. The number of alkyl halides is 6. The summed E-state index contributed by atoms with van der Waals surface area (Å²) in [5.74, 6) is -7.18. The van der Waals surface area contributed by atoms with Gasteiger partial charge >= 0.3 is 12.4 Å². The van der Waals surface area contributed by atoms with Crippen LogP contribution >= 0.6 is 0 Å². The maximum Gasteiger partial charge on any atom is 0.389 e. The molecule has 2 aromatic rings. The van der Waals surface area contributed by atoms with E-state index in [1.165, 1.54) is 0 Å². The molecule has 7 nitrogen and oxygen atoms in total. The Balaban J connectivity index is 1.99. The number of carbonyl (C=O) groups excluding carboxylic acids is 3. The van der Waals surface area contributed by atoms with Gasteiger partial charge in [0.25, 0.3) is 5.91 Å². The van der Waals surface area contributed by atoms with Crippen LogP contribution in [0.5, 0.6) is 0 Å². The predicted octanol–water partition coefficient (Wildman–Crippen LogP) is 4.63. The molecule has 0 spiro atoms. The molecule has 1 aliphatic rings. The number of primary amides is 1. The number of carbonyl (C=O) groups is 3. The minimum absolute atomic E-state index is 0.285. The van der Waals surface area contributed by atoms with Crippen LogP contribution in [0.2, 0.25) is 0 Å². The summed E-state index contributed by atoms with van der Waals surface area (Å²) in [7, 11) is 0. The van der Waals surface area contributed by atoms with Crippen LogP contribution < -0.4 is 16.4 Å². The van der Waals surface area contributed by atoms with Crippen molar-refractivity contribution in [1.29, 1.82) is 0 Å². The van der Waals surface area contributed by atoms with Crippen LogP contribution in [-0.2, 0) is 14.4 Å². The van der Waals surface area contributed by atoms with E-state index in [0.29, 0.717) is 22.4 Å². The molecular weight excluding hydrogens is 530 g/mol. The summed E-state index contributed by atoms with van der Waals surface area (Å²) < 4.78 is 77.6. The number of amides is 3.